The minimum Gasteiger partial charge on any atom is -0.393 e. The lowest BCUT2D eigenvalue weighted by Crippen LogP contribution is -2.41. The minimum absolute atomic E-state index is 0.0925. The van der Waals surface area contributed by atoms with Crippen LogP contribution >= 0.6 is 0 Å². The van der Waals surface area contributed by atoms with Gasteiger partial charge in [0.05, 0.1) is 12.6 Å². The topological polar surface area (TPSA) is 52.6 Å². The van der Waals surface area contributed by atoms with E-state index < -0.39 is 0 Å². The van der Waals surface area contributed by atoms with E-state index in [1.807, 2.05) is 6.92 Å². The van der Waals surface area contributed by atoms with Gasteiger partial charge in [0.15, 0.2) is 0 Å². The second kappa shape index (κ2) is 8.63. The summed E-state index contributed by atoms with van der Waals surface area (Å²) in [6.45, 7) is 10.3. The van der Waals surface area contributed by atoms with E-state index in [9.17, 15) is 9.90 Å². The normalized spacial score (nSPS) is 19.5. The van der Waals surface area contributed by atoms with Gasteiger partial charge in [0.1, 0.15) is 0 Å². The Morgan fingerprint density at radius 2 is 2.00 bits per heavy atom. The molecular formula is C20H32N2O2. The van der Waals surface area contributed by atoms with Crippen molar-refractivity contribution in [3.63, 3.8) is 0 Å². The fourth-order valence-electron chi connectivity index (χ4n) is 3.94. The van der Waals surface area contributed by atoms with Crippen molar-refractivity contribution in [3.05, 3.63) is 34.4 Å². The van der Waals surface area contributed by atoms with Crippen molar-refractivity contribution >= 4 is 5.91 Å². The lowest BCUT2D eigenvalue weighted by Gasteiger charge is -2.24. The van der Waals surface area contributed by atoms with Gasteiger partial charge in [-0.15, -0.1) is 0 Å². The fourth-order valence-corrected chi connectivity index (χ4v) is 3.94. The zero-order valence-corrected chi connectivity index (χ0v) is 15.6. The molecule has 0 saturated carbocycles. The van der Waals surface area contributed by atoms with Crippen molar-refractivity contribution in [1.82, 2.24) is 10.2 Å². The summed E-state index contributed by atoms with van der Waals surface area (Å²) < 4.78 is 0. The molecule has 1 aromatic carbocycles. The Labute approximate surface area is 146 Å². The summed E-state index contributed by atoms with van der Waals surface area (Å²) in [6, 6.07) is 4.75. The summed E-state index contributed by atoms with van der Waals surface area (Å²) in [5.74, 6) is 0.0925. The summed E-state index contributed by atoms with van der Waals surface area (Å²) in [5.41, 5.74) is 5.24. The van der Waals surface area contributed by atoms with Crippen molar-refractivity contribution in [2.75, 3.05) is 19.6 Å². The van der Waals surface area contributed by atoms with Crippen LogP contribution < -0.4 is 5.32 Å². The van der Waals surface area contributed by atoms with Gasteiger partial charge in [-0.3, -0.25) is 9.69 Å². The van der Waals surface area contributed by atoms with Crippen molar-refractivity contribution in [2.24, 2.45) is 0 Å². The molecule has 2 atom stereocenters. The fraction of sp³-hybridized carbons (Fsp3) is 0.650. The molecule has 1 saturated heterocycles. The maximum absolute atomic E-state index is 12.2. The first-order valence-electron chi connectivity index (χ1n) is 9.12. The molecule has 2 unspecified atom stereocenters. The third-order valence-corrected chi connectivity index (χ3v) is 5.00. The van der Waals surface area contributed by atoms with E-state index in [0.717, 1.165) is 32.2 Å². The van der Waals surface area contributed by atoms with Crippen molar-refractivity contribution in [1.29, 1.82) is 0 Å². The number of aryl methyl sites for hydroxylation is 3. The Morgan fingerprint density at radius 1 is 1.33 bits per heavy atom. The molecule has 0 aliphatic carbocycles. The highest BCUT2D eigenvalue weighted by molar-refractivity contribution is 5.78. The minimum atomic E-state index is -0.300. The third-order valence-electron chi connectivity index (χ3n) is 5.00. The zero-order chi connectivity index (χ0) is 17.7. The largest absolute Gasteiger partial charge is 0.393 e. The van der Waals surface area contributed by atoms with Gasteiger partial charge in [0.25, 0.3) is 0 Å². The van der Waals surface area contributed by atoms with Crippen LogP contribution in [-0.4, -0.2) is 47.7 Å². The van der Waals surface area contributed by atoms with Gasteiger partial charge in [-0.25, -0.2) is 0 Å². The van der Waals surface area contributed by atoms with E-state index in [2.05, 4.69) is 43.1 Å². The molecule has 1 fully saturated rings. The Bertz CT molecular complexity index is 546. The number of likely N-dealkylation sites (tertiary alicyclic amines) is 1. The monoisotopic (exact) mass is 332 g/mol. The number of hydrogen-bond donors (Lipinski definition) is 2. The number of aliphatic hydroxyl groups excluding tert-OH is 1. The highest BCUT2D eigenvalue weighted by atomic mass is 16.3. The Morgan fingerprint density at radius 3 is 2.62 bits per heavy atom. The summed E-state index contributed by atoms with van der Waals surface area (Å²) in [6.07, 6.45) is 3.54. The van der Waals surface area contributed by atoms with Gasteiger partial charge in [-0.1, -0.05) is 17.7 Å². The number of rotatable bonds is 7. The highest BCUT2D eigenvalue weighted by Crippen LogP contribution is 2.21. The van der Waals surface area contributed by atoms with E-state index in [0.29, 0.717) is 19.1 Å². The van der Waals surface area contributed by atoms with Gasteiger partial charge >= 0.3 is 0 Å². The molecule has 1 aromatic rings. The van der Waals surface area contributed by atoms with Crippen molar-refractivity contribution in [2.45, 2.75) is 65.5 Å². The molecule has 1 aliphatic heterocycles. The molecule has 0 aromatic heterocycles. The molecule has 0 spiro atoms. The lowest BCUT2D eigenvalue weighted by atomic mass is 9.97. The molecule has 0 bridgehead atoms. The number of hydrogen-bond acceptors (Lipinski definition) is 3. The number of nitrogens with one attached hydrogen (secondary N) is 1. The zero-order valence-electron chi connectivity index (χ0n) is 15.6. The van der Waals surface area contributed by atoms with Crippen molar-refractivity contribution < 1.29 is 9.90 Å². The van der Waals surface area contributed by atoms with Crippen LogP contribution in [0.4, 0.5) is 0 Å². The summed E-state index contributed by atoms with van der Waals surface area (Å²) in [7, 11) is 0. The molecule has 134 valence electrons. The summed E-state index contributed by atoms with van der Waals surface area (Å²) in [5, 5.41) is 12.6. The molecule has 4 heteroatoms. The summed E-state index contributed by atoms with van der Waals surface area (Å²) >= 11 is 0. The number of benzene rings is 1. The second-order valence-electron chi connectivity index (χ2n) is 7.33. The second-order valence-corrected chi connectivity index (χ2v) is 7.33. The lowest BCUT2D eigenvalue weighted by molar-refractivity contribution is -0.122. The van der Waals surface area contributed by atoms with E-state index in [1.165, 1.54) is 22.3 Å². The molecule has 24 heavy (non-hydrogen) atoms. The first-order valence-corrected chi connectivity index (χ1v) is 9.12. The molecule has 1 aliphatic rings. The first-order chi connectivity index (χ1) is 11.4. The van der Waals surface area contributed by atoms with Crippen molar-refractivity contribution in [3.8, 4) is 0 Å². The number of amides is 1. The quantitative estimate of drug-likeness (QED) is 0.807. The number of nitrogens with zero attached hydrogens (tertiary/aromatic N) is 1. The number of carbonyl (C=O) groups excluding carboxylic acids is 1. The third kappa shape index (κ3) is 5.32. The highest BCUT2D eigenvalue weighted by Gasteiger charge is 2.26. The SMILES string of the molecule is Cc1cc(C)c(CCNC(=O)CN2CCCC2CC(C)O)c(C)c1. The van der Waals surface area contributed by atoms with E-state index in [-0.39, 0.29) is 12.0 Å². The van der Waals surface area contributed by atoms with Gasteiger partial charge < -0.3 is 10.4 Å². The summed E-state index contributed by atoms with van der Waals surface area (Å²) in [4.78, 5) is 14.4. The van der Waals surface area contributed by atoms with Crippen LogP contribution in [0.25, 0.3) is 0 Å². The van der Waals surface area contributed by atoms with Gasteiger partial charge in [-0.2, -0.15) is 0 Å². The van der Waals surface area contributed by atoms with E-state index >= 15 is 0 Å². The van der Waals surface area contributed by atoms with Crippen LogP contribution in [0, 0.1) is 20.8 Å². The smallest absolute Gasteiger partial charge is 0.234 e. The average Bonchev–Trinajstić information content (AvgIpc) is 2.88. The van der Waals surface area contributed by atoms with Gasteiger partial charge in [0.2, 0.25) is 5.91 Å². The van der Waals surface area contributed by atoms with Crippen LogP contribution in [0.1, 0.15) is 48.4 Å². The average molecular weight is 332 g/mol. The predicted octanol–water partition coefficient (Wildman–Crippen LogP) is 2.51. The maximum atomic E-state index is 12.2. The Balaban J connectivity index is 1.79. The standard InChI is InChI=1S/C20H32N2O2/c1-14-10-15(2)19(16(3)11-14)7-8-21-20(24)13-22-9-5-6-18(22)12-17(4)23/h10-11,17-18,23H,5-9,12-13H2,1-4H3,(H,21,24). The Hall–Kier alpha value is -1.39. The molecule has 0 radical (unpaired) electrons. The van der Waals surface area contributed by atoms with Crippen LogP contribution in [0.3, 0.4) is 0 Å². The molecule has 1 amide bonds. The first kappa shape index (κ1) is 18.9. The van der Waals surface area contributed by atoms with E-state index in [4.69, 9.17) is 0 Å². The van der Waals surface area contributed by atoms with Crippen LogP contribution in [0.15, 0.2) is 12.1 Å². The number of carbonyl (C=O) groups is 1. The maximum Gasteiger partial charge on any atom is 0.234 e. The van der Waals surface area contributed by atoms with E-state index in [1.54, 1.807) is 0 Å². The molecule has 2 N–H and O–H groups in total. The van der Waals surface area contributed by atoms with Crippen LogP contribution in [0.2, 0.25) is 0 Å². The van der Waals surface area contributed by atoms with Crippen LogP contribution in [-0.2, 0) is 11.2 Å². The van der Waals surface area contributed by atoms with Crippen LogP contribution in [0.5, 0.6) is 0 Å². The molecular weight excluding hydrogens is 300 g/mol. The molecule has 2 rings (SSSR count). The Kier molecular flexibility index (Phi) is 6.81. The molecule has 4 nitrogen and oxygen atoms in total. The van der Waals surface area contributed by atoms with Gasteiger partial charge in [-0.05, 0) is 76.6 Å². The number of aliphatic hydroxyl groups is 1. The van der Waals surface area contributed by atoms with Gasteiger partial charge in [0, 0.05) is 12.6 Å². The predicted molar refractivity (Wildman–Crippen MR) is 98.3 cm³/mol. The molecule has 1 heterocycles.